The van der Waals surface area contributed by atoms with Crippen molar-refractivity contribution in [3.05, 3.63) is 11.6 Å². The van der Waals surface area contributed by atoms with Gasteiger partial charge in [-0.3, -0.25) is 0 Å². The molecule has 1 N–H and O–H groups in total. The molecule has 1 unspecified atom stereocenters. The molecule has 0 aromatic carbocycles. The van der Waals surface area contributed by atoms with Crippen LogP contribution < -0.4 is 0 Å². The minimum absolute atomic E-state index is 0.0412. The molecule has 9 atom stereocenters. The molecule has 34 heavy (non-hydrogen) atoms. The van der Waals surface area contributed by atoms with Gasteiger partial charge in [0.2, 0.25) is 0 Å². The maximum absolute atomic E-state index is 10.3. The standard InChI is InChI=1S/C31H54O3/c1-7-33-29(34-8-2)22(4)11-9-10-21(3)26-14-15-27-25-13-12-23-20-24(32)16-18-30(23,5)28(25)17-19-31(26,27)6/h12,21-22,24-29,32H,7-11,13-20H2,1-6H3/t21-,22?,24+,25+,26-,27+,28+,30+,31-/m1/s1. The number of rotatable bonds is 10. The highest BCUT2D eigenvalue weighted by atomic mass is 16.7. The van der Waals surface area contributed by atoms with Crippen LogP contribution in [-0.4, -0.2) is 30.7 Å². The summed E-state index contributed by atoms with van der Waals surface area (Å²) in [4.78, 5) is 0. The largest absolute Gasteiger partial charge is 0.393 e. The highest BCUT2D eigenvalue weighted by Gasteiger charge is 2.59. The van der Waals surface area contributed by atoms with Crippen molar-refractivity contribution in [3.8, 4) is 0 Å². The monoisotopic (exact) mass is 474 g/mol. The summed E-state index contributed by atoms with van der Waals surface area (Å²) in [6.07, 6.45) is 16.4. The molecule has 0 aromatic heterocycles. The third kappa shape index (κ3) is 4.92. The Morgan fingerprint density at radius 1 is 0.971 bits per heavy atom. The fourth-order valence-corrected chi connectivity index (χ4v) is 9.42. The van der Waals surface area contributed by atoms with Gasteiger partial charge < -0.3 is 14.6 Å². The topological polar surface area (TPSA) is 38.7 Å². The van der Waals surface area contributed by atoms with Crippen molar-refractivity contribution in [3.63, 3.8) is 0 Å². The Morgan fingerprint density at radius 2 is 1.71 bits per heavy atom. The summed E-state index contributed by atoms with van der Waals surface area (Å²) in [7, 11) is 0. The van der Waals surface area contributed by atoms with Crippen LogP contribution in [0.4, 0.5) is 0 Å². The highest BCUT2D eigenvalue weighted by Crippen LogP contribution is 2.67. The molecule has 0 spiro atoms. The predicted octanol–water partition coefficient (Wildman–Crippen LogP) is 7.77. The Hall–Kier alpha value is -0.380. The normalized spacial score (nSPS) is 41.4. The van der Waals surface area contributed by atoms with E-state index in [1.807, 2.05) is 0 Å². The number of aliphatic hydroxyl groups excluding tert-OH is 1. The first-order valence-corrected chi connectivity index (χ1v) is 14.8. The molecule has 3 fully saturated rings. The Morgan fingerprint density at radius 3 is 2.41 bits per heavy atom. The molecule has 4 aliphatic rings. The van der Waals surface area contributed by atoms with Crippen LogP contribution in [0.2, 0.25) is 0 Å². The Bertz CT molecular complexity index is 697. The van der Waals surface area contributed by atoms with Crippen LogP contribution in [0, 0.1) is 46.3 Å². The summed E-state index contributed by atoms with van der Waals surface area (Å²) < 4.78 is 11.7. The molecule has 4 rings (SSSR count). The minimum atomic E-state index is -0.0958. The molecule has 0 radical (unpaired) electrons. The smallest absolute Gasteiger partial charge is 0.160 e. The summed E-state index contributed by atoms with van der Waals surface area (Å²) in [6, 6.07) is 0. The lowest BCUT2D eigenvalue weighted by Crippen LogP contribution is -2.50. The minimum Gasteiger partial charge on any atom is -0.393 e. The first-order valence-electron chi connectivity index (χ1n) is 14.8. The van der Waals surface area contributed by atoms with Gasteiger partial charge in [0.05, 0.1) is 6.10 Å². The van der Waals surface area contributed by atoms with Crippen molar-refractivity contribution in [2.75, 3.05) is 13.2 Å². The zero-order valence-corrected chi connectivity index (χ0v) is 23.2. The van der Waals surface area contributed by atoms with Crippen molar-refractivity contribution >= 4 is 0 Å². The number of fused-ring (bicyclic) bond motifs is 5. The molecule has 3 saturated carbocycles. The van der Waals surface area contributed by atoms with Gasteiger partial charge in [-0.05, 0) is 112 Å². The van der Waals surface area contributed by atoms with Crippen molar-refractivity contribution in [1.29, 1.82) is 0 Å². The van der Waals surface area contributed by atoms with Crippen molar-refractivity contribution in [2.24, 2.45) is 46.3 Å². The fraction of sp³-hybridized carbons (Fsp3) is 0.935. The Kier molecular flexibility index (Phi) is 8.58. The van der Waals surface area contributed by atoms with E-state index in [0.29, 0.717) is 16.7 Å². The van der Waals surface area contributed by atoms with Crippen molar-refractivity contribution in [1.82, 2.24) is 0 Å². The average Bonchev–Trinajstić information content (AvgIpc) is 3.16. The van der Waals surface area contributed by atoms with Crippen LogP contribution >= 0.6 is 0 Å². The molecular formula is C31H54O3. The number of ether oxygens (including phenoxy) is 2. The number of hydrogen-bond donors (Lipinski definition) is 1. The van der Waals surface area contributed by atoms with Gasteiger partial charge in [0.25, 0.3) is 0 Å². The summed E-state index contributed by atoms with van der Waals surface area (Å²) in [5.41, 5.74) is 2.49. The molecule has 196 valence electrons. The molecule has 0 saturated heterocycles. The predicted molar refractivity (Wildman–Crippen MR) is 140 cm³/mol. The number of hydrogen-bond acceptors (Lipinski definition) is 3. The molecule has 0 amide bonds. The van der Waals surface area contributed by atoms with Crippen LogP contribution in [0.3, 0.4) is 0 Å². The second-order valence-corrected chi connectivity index (χ2v) is 13.0. The van der Waals surface area contributed by atoms with E-state index < -0.39 is 0 Å². The number of allylic oxidation sites excluding steroid dienone is 1. The van der Waals surface area contributed by atoms with E-state index in [1.165, 1.54) is 57.8 Å². The van der Waals surface area contributed by atoms with Crippen LogP contribution in [0.1, 0.15) is 112 Å². The van der Waals surface area contributed by atoms with E-state index in [9.17, 15) is 5.11 Å². The lowest BCUT2D eigenvalue weighted by Gasteiger charge is -2.58. The van der Waals surface area contributed by atoms with Gasteiger partial charge >= 0.3 is 0 Å². The SMILES string of the molecule is CCOC(OCC)C(C)CCC[C@@H](C)[C@H]1CC[C@H]2[C@@H]3CC=C4C[C@@H](O)CC[C@]4(C)[C@H]3CC[C@]12C. The molecular weight excluding hydrogens is 420 g/mol. The van der Waals surface area contributed by atoms with E-state index in [4.69, 9.17) is 9.47 Å². The van der Waals surface area contributed by atoms with Gasteiger partial charge in [0.15, 0.2) is 6.29 Å². The molecule has 4 aliphatic carbocycles. The molecule has 0 bridgehead atoms. The third-order valence-electron chi connectivity index (χ3n) is 11.3. The Labute approximate surface area is 210 Å². The van der Waals surface area contributed by atoms with E-state index in [2.05, 4.69) is 47.6 Å². The van der Waals surface area contributed by atoms with Gasteiger partial charge in [0.1, 0.15) is 0 Å². The molecule has 0 heterocycles. The molecule has 0 aromatic rings. The van der Waals surface area contributed by atoms with Gasteiger partial charge in [-0.1, -0.05) is 52.2 Å². The number of aliphatic hydroxyl groups is 1. The zero-order valence-electron chi connectivity index (χ0n) is 23.2. The van der Waals surface area contributed by atoms with Gasteiger partial charge in [0, 0.05) is 19.1 Å². The first-order chi connectivity index (χ1) is 16.2. The average molecular weight is 475 g/mol. The quantitative estimate of drug-likeness (QED) is 0.260. The second-order valence-electron chi connectivity index (χ2n) is 13.0. The Balaban J connectivity index is 1.36. The second kappa shape index (κ2) is 10.9. The van der Waals surface area contributed by atoms with Crippen LogP contribution in [0.15, 0.2) is 11.6 Å². The zero-order chi connectivity index (χ0) is 24.5. The van der Waals surface area contributed by atoms with E-state index in [0.717, 1.165) is 55.6 Å². The van der Waals surface area contributed by atoms with Crippen LogP contribution in [0.5, 0.6) is 0 Å². The fourth-order valence-electron chi connectivity index (χ4n) is 9.42. The van der Waals surface area contributed by atoms with Gasteiger partial charge in [-0.25, -0.2) is 0 Å². The van der Waals surface area contributed by atoms with Crippen LogP contribution in [0.25, 0.3) is 0 Å². The summed E-state index contributed by atoms with van der Waals surface area (Å²) >= 11 is 0. The van der Waals surface area contributed by atoms with E-state index >= 15 is 0 Å². The maximum atomic E-state index is 10.3. The molecule has 3 nitrogen and oxygen atoms in total. The lowest BCUT2D eigenvalue weighted by atomic mass is 9.47. The van der Waals surface area contributed by atoms with E-state index in [-0.39, 0.29) is 12.4 Å². The van der Waals surface area contributed by atoms with Crippen molar-refractivity contribution < 1.29 is 14.6 Å². The maximum Gasteiger partial charge on any atom is 0.160 e. The third-order valence-corrected chi connectivity index (χ3v) is 11.3. The molecule has 3 heteroatoms. The van der Waals surface area contributed by atoms with Gasteiger partial charge in [-0.15, -0.1) is 0 Å². The summed E-state index contributed by atoms with van der Waals surface area (Å²) in [6.45, 7) is 15.7. The van der Waals surface area contributed by atoms with Crippen molar-refractivity contribution in [2.45, 2.75) is 125 Å². The highest BCUT2D eigenvalue weighted by molar-refractivity contribution is 5.25. The first kappa shape index (κ1) is 26.7. The lowest BCUT2D eigenvalue weighted by molar-refractivity contribution is -0.165. The van der Waals surface area contributed by atoms with Gasteiger partial charge in [-0.2, -0.15) is 0 Å². The van der Waals surface area contributed by atoms with E-state index in [1.54, 1.807) is 5.57 Å². The summed E-state index contributed by atoms with van der Waals surface area (Å²) in [5, 5.41) is 10.3. The van der Waals surface area contributed by atoms with Crippen LogP contribution in [-0.2, 0) is 9.47 Å². The summed E-state index contributed by atoms with van der Waals surface area (Å²) in [5.74, 6) is 4.79. The molecule has 0 aliphatic heterocycles.